The van der Waals surface area contributed by atoms with Crippen LogP contribution in [0.3, 0.4) is 0 Å². The van der Waals surface area contributed by atoms with Crippen molar-refractivity contribution in [2.75, 3.05) is 7.11 Å². The maximum atomic E-state index is 5.50. The molecule has 0 radical (unpaired) electrons. The highest BCUT2D eigenvalue weighted by Gasteiger charge is 2.12. The van der Waals surface area contributed by atoms with E-state index < -0.39 is 0 Å². The van der Waals surface area contributed by atoms with Crippen LogP contribution in [0.25, 0.3) is 11.3 Å². The third-order valence-corrected chi connectivity index (χ3v) is 4.20. The molecule has 0 atom stereocenters. The van der Waals surface area contributed by atoms with Crippen LogP contribution in [0.15, 0.2) is 58.1 Å². The fourth-order valence-corrected chi connectivity index (χ4v) is 3.27. The summed E-state index contributed by atoms with van der Waals surface area (Å²) in [6.07, 6.45) is 3.67. The highest BCUT2D eigenvalue weighted by molar-refractivity contribution is 7.07. The van der Waals surface area contributed by atoms with Crippen LogP contribution in [0, 0.1) is 0 Å². The van der Waals surface area contributed by atoms with E-state index in [4.69, 9.17) is 4.74 Å². The zero-order valence-corrected chi connectivity index (χ0v) is 14.7. The third-order valence-electron chi connectivity index (χ3n) is 3.37. The molecular formula is C18H20N4OS. The number of aromatic nitrogens is 2. The monoisotopic (exact) mass is 340 g/mol. The Kier molecular flexibility index (Phi) is 4.96. The summed E-state index contributed by atoms with van der Waals surface area (Å²) in [5, 5.41) is 6.70. The maximum Gasteiger partial charge on any atom is 0.206 e. The van der Waals surface area contributed by atoms with Crippen molar-refractivity contribution in [3.05, 3.63) is 58.5 Å². The van der Waals surface area contributed by atoms with Gasteiger partial charge in [-0.25, -0.2) is 4.68 Å². The van der Waals surface area contributed by atoms with E-state index >= 15 is 0 Å². The first kappa shape index (κ1) is 16.3. The molecule has 0 saturated carbocycles. The van der Waals surface area contributed by atoms with Gasteiger partial charge in [0.2, 0.25) is 4.80 Å². The van der Waals surface area contributed by atoms with E-state index in [1.807, 2.05) is 47.3 Å². The molecule has 0 unspecified atom stereocenters. The lowest BCUT2D eigenvalue weighted by molar-refractivity contribution is 0.416. The first-order valence-corrected chi connectivity index (χ1v) is 8.62. The van der Waals surface area contributed by atoms with Gasteiger partial charge in [0.05, 0.1) is 24.7 Å². The molecule has 1 aromatic carbocycles. The predicted molar refractivity (Wildman–Crippen MR) is 98.8 cm³/mol. The van der Waals surface area contributed by atoms with Crippen molar-refractivity contribution in [2.24, 2.45) is 10.1 Å². The fourth-order valence-electron chi connectivity index (χ4n) is 2.31. The lowest BCUT2D eigenvalue weighted by Crippen LogP contribution is -2.14. The summed E-state index contributed by atoms with van der Waals surface area (Å²) in [6.45, 7) is 4.11. The Hall–Kier alpha value is -2.60. The number of rotatable bonds is 5. The minimum Gasteiger partial charge on any atom is -0.496 e. The molecule has 0 aliphatic rings. The van der Waals surface area contributed by atoms with Crippen LogP contribution in [0.1, 0.15) is 19.5 Å². The standard InChI is InChI=1S/C18H20N4OS/c1-13(2)21-18-22(20-11-14-7-6-10-19-14)16(12-24-18)15-8-4-5-9-17(15)23-3/h4-13,19H,1-3H3. The molecule has 0 fully saturated rings. The summed E-state index contributed by atoms with van der Waals surface area (Å²) in [5.41, 5.74) is 2.89. The van der Waals surface area contributed by atoms with Gasteiger partial charge in [-0.2, -0.15) is 5.10 Å². The zero-order valence-electron chi connectivity index (χ0n) is 13.9. The van der Waals surface area contributed by atoms with Crippen molar-refractivity contribution in [3.8, 4) is 17.0 Å². The molecule has 24 heavy (non-hydrogen) atoms. The average Bonchev–Trinajstić information content (AvgIpc) is 3.22. The van der Waals surface area contributed by atoms with E-state index in [-0.39, 0.29) is 6.04 Å². The Morgan fingerprint density at radius 1 is 1.21 bits per heavy atom. The van der Waals surface area contributed by atoms with Gasteiger partial charge in [-0.3, -0.25) is 4.99 Å². The predicted octanol–water partition coefficient (Wildman–Crippen LogP) is 3.74. The Balaban J connectivity index is 2.15. The van der Waals surface area contributed by atoms with Crippen LogP contribution in [0.5, 0.6) is 5.75 Å². The normalized spacial score (nSPS) is 12.4. The molecule has 1 N–H and O–H groups in total. The molecule has 2 aromatic heterocycles. The first-order valence-electron chi connectivity index (χ1n) is 7.74. The van der Waals surface area contributed by atoms with Gasteiger partial charge in [-0.05, 0) is 38.1 Å². The van der Waals surface area contributed by atoms with E-state index in [0.29, 0.717) is 0 Å². The van der Waals surface area contributed by atoms with Crippen molar-refractivity contribution >= 4 is 17.6 Å². The Morgan fingerprint density at radius 3 is 2.75 bits per heavy atom. The van der Waals surface area contributed by atoms with Gasteiger partial charge >= 0.3 is 0 Å². The number of hydrogen-bond donors (Lipinski definition) is 1. The number of nitrogens with zero attached hydrogens (tertiary/aromatic N) is 3. The number of aromatic amines is 1. The SMILES string of the molecule is COc1ccccc1-c1csc(=NC(C)C)n1N=Cc1ccc[nH]1. The molecule has 0 bridgehead atoms. The number of para-hydroxylation sites is 1. The van der Waals surface area contributed by atoms with Crippen molar-refractivity contribution in [1.29, 1.82) is 0 Å². The molecule has 0 amide bonds. The van der Waals surface area contributed by atoms with E-state index in [9.17, 15) is 0 Å². The Morgan fingerprint density at radius 2 is 2.04 bits per heavy atom. The van der Waals surface area contributed by atoms with Crippen molar-refractivity contribution < 1.29 is 4.74 Å². The highest BCUT2D eigenvalue weighted by Crippen LogP contribution is 2.29. The molecule has 3 rings (SSSR count). The second-order valence-electron chi connectivity index (χ2n) is 5.51. The summed E-state index contributed by atoms with van der Waals surface area (Å²) in [5.74, 6) is 0.815. The van der Waals surface area contributed by atoms with Crippen molar-refractivity contribution in [3.63, 3.8) is 0 Å². The summed E-state index contributed by atoms with van der Waals surface area (Å²) < 4.78 is 7.36. The van der Waals surface area contributed by atoms with E-state index in [1.165, 1.54) is 0 Å². The molecule has 0 aliphatic carbocycles. The lowest BCUT2D eigenvalue weighted by Gasteiger charge is -2.08. The number of H-pyrrole nitrogens is 1. The van der Waals surface area contributed by atoms with Gasteiger partial charge < -0.3 is 9.72 Å². The summed E-state index contributed by atoms with van der Waals surface area (Å²) in [6, 6.07) is 12.0. The van der Waals surface area contributed by atoms with Crippen LogP contribution in [0.2, 0.25) is 0 Å². The van der Waals surface area contributed by atoms with Gasteiger partial charge in [0.25, 0.3) is 0 Å². The molecule has 6 heteroatoms. The second kappa shape index (κ2) is 7.31. The number of methoxy groups -OCH3 is 1. The van der Waals surface area contributed by atoms with Gasteiger partial charge in [0, 0.05) is 23.2 Å². The largest absolute Gasteiger partial charge is 0.496 e. The van der Waals surface area contributed by atoms with Crippen LogP contribution < -0.4 is 9.54 Å². The topological polar surface area (TPSA) is 54.7 Å². The molecule has 124 valence electrons. The Bertz CT molecular complexity index is 888. The lowest BCUT2D eigenvalue weighted by atomic mass is 10.1. The molecule has 0 aliphatic heterocycles. The number of nitrogens with one attached hydrogen (secondary N) is 1. The van der Waals surface area contributed by atoms with E-state index in [1.54, 1.807) is 24.7 Å². The number of hydrogen-bond acceptors (Lipinski definition) is 4. The fraction of sp³-hybridized carbons (Fsp3) is 0.222. The van der Waals surface area contributed by atoms with Crippen LogP contribution >= 0.6 is 11.3 Å². The van der Waals surface area contributed by atoms with E-state index in [0.717, 1.165) is 27.5 Å². The van der Waals surface area contributed by atoms with Crippen molar-refractivity contribution in [2.45, 2.75) is 19.9 Å². The molecular weight excluding hydrogens is 320 g/mol. The van der Waals surface area contributed by atoms with Crippen LogP contribution in [-0.2, 0) is 0 Å². The van der Waals surface area contributed by atoms with Crippen LogP contribution in [-0.4, -0.2) is 29.0 Å². The molecule has 2 heterocycles. The molecule has 0 saturated heterocycles. The minimum atomic E-state index is 0.195. The maximum absolute atomic E-state index is 5.50. The quantitative estimate of drug-likeness (QED) is 0.707. The molecule has 3 aromatic rings. The van der Waals surface area contributed by atoms with E-state index in [2.05, 4.69) is 34.3 Å². The summed E-state index contributed by atoms with van der Waals surface area (Å²) in [7, 11) is 1.68. The Labute approximate surface area is 145 Å². The molecule has 5 nitrogen and oxygen atoms in total. The highest BCUT2D eigenvalue weighted by atomic mass is 32.1. The first-order chi connectivity index (χ1) is 11.7. The number of ether oxygens (including phenoxy) is 1. The van der Waals surface area contributed by atoms with Gasteiger partial charge in [0.15, 0.2) is 0 Å². The number of thiazole rings is 1. The number of benzene rings is 1. The minimum absolute atomic E-state index is 0.195. The second-order valence-corrected chi connectivity index (χ2v) is 6.35. The molecule has 0 spiro atoms. The average molecular weight is 340 g/mol. The summed E-state index contributed by atoms with van der Waals surface area (Å²) >= 11 is 1.57. The smallest absolute Gasteiger partial charge is 0.206 e. The van der Waals surface area contributed by atoms with Crippen LogP contribution in [0.4, 0.5) is 0 Å². The van der Waals surface area contributed by atoms with Gasteiger partial charge in [-0.1, -0.05) is 12.1 Å². The third kappa shape index (κ3) is 3.49. The zero-order chi connectivity index (χ0) is 16.9. The van der Waals surface area contributed by atoms with Gasteiger partial charge in [0.1, 0.15) is 5.75 Å². The van der Waals surface area contributed by atoms with Gasteiger partial charge in [-0.15, -0.1) is 11.3 Å². The van der Waals surface area contributed by atoms with Crippen molar-refractivity contribution in [1.82, 2.24) is 9.66 Å². The summed E-state index contributed by atoms with van der Waals surface area (Å²) in [4.78, 5) is 8.66.